The van der Waals surface area contributed by atoms with Crippen LogP contribution in [0.4, 0.5) is 0 Å². The molecule has 4 aliphatic heterocycles. The maximum atomic E-state index is 14.7. The van der Waals surface area contributed by atoms with E-state index < -0.39 is 53.6 Å². The Labute approximate surface area is 260 Å². The second-order valence-corrected chi connectivity index (χ2v) is 12.7. The van der Waals surface area contributed by atoms with Gasteiger partial charge in [0, 0.05) is 24.0 Å². The number of hydrogen-bond acceptors (Lipinski definition) is 7. The van der Waals surface area contributed by atoms with Gasteiger partial charge < -0.3 is 29.7 Å². The molecule has 0 aliphatic carbocycles. The van der Waals surface area contributed by atoms with Crippen LogP contribution in [0.5, 0.6) is 0 Å². The maximum Gasteiger partial charge on any atom is 0.313 e. The minimum atomic E-state index is -1.41. The zero-order valence-corrected chi connectivity index (χ0v) is 26.2. The van der Waals surface area contributed by atoms with E-state index in [-0.39, 0.29) is 31.4 Å². The van der Waals surface area contributed by atoms with E-state index >= 15 is 0 Å². The number of esters is 1. The Morgan fingerprint density at radius 2 is 1.91 bits per heavy atom. The summed E-state index contributed by atoms with van der Waals surface area (Å²) in [6.45, 7) is 4.23. The van der Waals surface area contributed by atoms with E-state index in [1.165, 1.54) is 4.90 Å². The van der Waals surface area contributed by atoms with Gasteiger partial charge in [-0.2, -0.15) is 0 Å². The van der Waals surface area contributed by atoms with Crippen molar-refractivity contribution >= 4 is 39.6 Å². The van der Waals surface area contributed by atoms with Crippen molar-refractivity contribution in [3.8, 4) is 0 Å². The molecule has 2 saturated heterocycles. The lowest BCUT2D eigenvalue weighted by Crippen LogP contribution is -2.59. The summed E-state index contributed by atoms with van der Waals surface area (Å²) < 4.78 is 12.9. The summed E-state index contributed by atoms with van der Waals surface area (Å²) in [5, 5.41) is 13.5. The number of fused-ring (bicyclic) bond motifs is 2. The van der Waals surface area contributed by atoms with E-state index in [2.05, 4.69) is 21.2 Å². The van der Waals surface area contributed by atoms with Crippen LogP contribution in [0.3, 0.4) is 0 Å². The predicted molar refractivity (Wildman–Crippen MR) is 162 cm³/mol. The minimum Gasteiger partial charge on any atom is -0.460 e. The van der Waals surface area contributed by atoms with Gasteiger partial charge in [0.15, 0.2) is 0 Å². The highest BCUT2D eigenvalue weighted by atomic mass is 79.9. The fourth-order valence-corrected chi connectivity index (χ4v) is 7.48. The molecule has 1 aromatic rings. The molecule has 1 spiro atoms. The fourth-order valence-electron chi connectivity index (χ4n) is 6.75. The van der Waals surface area contributed by atoms with Crippen LogP contribution in [0, 0.1) is 11.8 Å². The average Bonchev–Trinajstić information content (AvgIpc) is 3.59. The summed E-state index contributed by atoms with van der Waals surface area (Å²) in [4.78, 5) is 58.4. The first kappa shape index (κ1) is 31.4. The van der Waals surface area contributed by atoms with E-state index in [1.54, 1.807) is 17.9 Å². The van der Waals surface area contributed by atoms with Crippen molar-refractivity contribution < 1.29 is 33.8 Å². The average molecular weight is 659 g/mol. The van der Waals surface area contributed by atoms with Gasteiger partial charge in [0.05, 0.1) is 25.1 Å². The number of carbonyl (C=O) groups excluding carboxylic acids is 4. The van der Waals surface area contributed by atoms with Crippen molar-refractivity contribution in [3.05, 3.63) is 58.6 Å². The smallest absolute Gasteiger partial charge is 0.313 e. The number of nitrogens with zero attached hydrogens (tertiary/aromatic N) is 2. The molecule has 43 heavy (non-hydrogen) atoms. The number of allylic oxidation sites excluding steroid dienone is 1. The number of aliphatic hydroxyl groups is 1. The molecule has 4 aliphatic rings. The number of amides is 3. The Bertz CT molecular complexity index is 1290. The van der Waals surface area contributed by atoms with Crippen molar-refractivity contribution in [2.45, 2.75) is 75.8 Å². The van der Waals surface area contributed by atoms with Gasteiger partial charge in [-0.05, 0) is 37.8 Å². The van der Waals surface area contributed by atoms with Crippen molar-refractivity contribution in [2.75, 3.05) is 26.2 Å². The van der Waals surface area contributed by atoms with E-state index in [4.69, 9.17) is 9.47 Å². The van der Waals surface area contributed by atoms with E-state index in [0.717, 1.165) is 18.4 Å². The second kappa shape index (κ2) is 13.3. The number of unbranched alkanes of at least 4 members (excludes halogenated alkanes) is 1. The largest absolute Gasteiger partial charge is 0.460 e. The van der Waals surface area contributed by atoms with Gasteiger partial charge in [0.1, 0.15) is 29.8 Å². The lowest BCUT2D eigenvalue weighted by atomic mass is 9.74. The first-order valence-corrected chi connectivity index (χ1v) is 15.9. The lowest BCUT2D eigenvalue weighted by Gasteiger charge is -2.38. The third-order valence-corrected chi connectivity index (χ3v) is 9.50. The number of halogens is 1. The summed E-state index contributed by atoms with van der Waals surface area (Å²) in [7, 11) is 0. The molecule has 10 nitrogen and oxygen atoms in total. The van der Waals surface area contributed by atoms with E-state index in [9.17, 15) is 24.3 Å². The van der Waals surface area contributed by atoms with Crippen LogP contribution < -0.4 is 5.32 Å². The van der Waals surface area contributed by atoms with Gasteiger partial charge in [0.2, 0.25) is 17.7 Å². The van der Waals surface area contributed by atoms with Crippen molar-refractivity contribution in [2.24, 2.45) is 11.8 Å². The molecule has 0 radical (unpaired) electrons. The number of nitrogens with one attached hydrogen (secondary N) is 1. The van der Waals surface area contributed by atoms with Crippen molar-refractivity contribution in [1.82, 2.24) is 15.1 Å². The number of ether oxygens (including phenoxy) is 2. The van der Waals surface area contributed by atoms with Gasteiger partial charge >= 0.3 is 5.97 Å². The normalized spacial score (nSPS) is 32.7. The van der Waals surface area contributed by atoms with Gasteiger partial charge in [-0.15, -0.1) is 0 Å². The summed E-state index contributed by atoms with van der Waals surface area (Å²) in [5.74, 6) is -3.51. The Balaban J connectivity index is 1.60. The highest BCUT2D eigenvalue weighted by molar-refractivity contribution is 9.11. The Hall–Kier alpha value is -3.02. The number of aliphatic hydroxyl groups excluding tert-OH is 1. The molecule has 7 atom stereocenters. The molecule has 3 amide bonds. The Kier molecular flexibility index (Phi) is 9.73. The van der Waals surface area contributed by atoms with E-state index in [0.29, 0.717) is 30.4 Å². The Morgan fingerprint density at radius 3 is 2.63 bits per heavy atom. The summed E-state index contributed by atoms with van der Waals surface area (Å²) in [6.07, 6.45) is 6.79. The van der Waals surface area contributed by atoms with Crippen LogP contribution in [-0.2, 0) is 35.1 Å². The van der Waals surface area contributed by atoms with E-state index in [1.807, 2.05) is 49.4 Å². The van der Waals surface area contributed by atoms with Crippen LogP contribution in [-0.4, -0.2) is 94.7 Å². The zero-order valence-electron chi connectivity index (χ0n) is 24.6. The number of cyclic esters (lactones) is 1. The molecule has 5 rings (SSSR count). The standard InChI is InChI=1S/C32H40BrN3O7/c1-3-4-14-35-15-10-6-9-13-24(38)34-18-20(2)42-31(41)25-26-29(39)36(22(19-37)16-21-11-7-5-8-12-21)28(30(35)40)32(26)17-23(33)27(25)43-32/h5-8,10-12,17,20,22,25-28,37H,3-4,9,13-16,18-19H2,1-2H3,(H,34,38)/b10-6-/t20-,22+,25+,26-,27+,28+,32-/m0/s1. The SMILES string of the molecule is CCCCN1C/C=C\CCC(=O)NC[C@H](C)OC(=O)[C@H]2[C@@H]3O[C@@]4(C=C3Br)[C@@H]2C(=O)N([C@@H](CO)Cc2ccccc2)[C@@H]4C1=O. The van der Waals surface area contributed by atoms with Gasteiger partial charge in [-0.3, -0.25) is 19.2 Å². The van der Waals surface area contributed by atoms with Gasteiger partial charge in [-0.1, -0.05) is 71.8 Å². The quantitative estimate of drug-likeness (QED) is 0.341. The van der Waals surface area contributed by atoms with Crippen LogP contribution in [0.25, 0.3) is 0 Å². The van der Waals surface area contributed by atoms with Crippen LogP contribution in [0.1, 0.15) is 45.1 Å². The predicted octanol–water partition coefficient (Wildman–Crippen LogP) is 2.49. The summed E-state index contributed by atoms with van der Waals surface area (Å²) in [5.41, 5.74) is -0.505. The first-order valence-electron chi connectivity index (χ1n) is 15.2. The molecular weight excluding hydrogens is 618 g/mol. The van der Waals surface area contributed by atoms with Gasteiger partial charge in [-0.25, -0.2) is 0 Å². The molecule has 0 unspecified atom stereocenters. The van der Waals surface area contributed by atoms with Crippen LogP contribution in [0.15, 0.2) is 53.0 Å². The molecule has 11 heteroatoms. The number of benzene rings is 1. The molecule has 1 aromatic carbocycles. The van der Waals surface area contributed by atoms with Crippen LogP contribution >= 0.6 is 15.9 Å². The van der Waals surface area contributed by atoms with Crippen molar-refractivity contribution in [1.29, 1.82) is 0 Å². The number of likely N-dealkylation sites (tertiary alicyclic amines) is 1. The molecule has 5 bridgehead atoms. The molecule has 0 aromatic heterocycles. The molecule has 2 N–H and O–H groups in total. The second-order valence-electron chi connectivity index (χ2n) is 11.8. The lowest BCUT2D eigenvalue weighted by molar-refractivity contribution is -0.159. The third-order valence-electron chi connectivity index (χ3n) is 8.82. The molecule has 0 saturated carbocycles. The summed E-state index contributed by atoms with van der Waals surface area (Å²) >= 11 is 3.56. The van der Waals surface area contributed by atoms with Crippen molar-refractivity contribution in [3.63, 3.8) is 0 Å². The number of carbonyl (C=O) groups is 4. The highest BCUT2D eigenvalue weighted by Gasteiger charge is 2.75. The molecular formula is C32H40BrN3O7. The zero-order chi connectivity index (χ0) is 30.7. The summed E-state index contributed by atoms with van der Waals surface area (Å²) in [6, 6.07) is 7.69. The topological polar surface area (TPSA) is 125 Å². The monoisotopic (exact) mass is 657 g/mol. The minimum absolute atomic E-state index is 0.134. The highest BCUT2D eigenvalue weighted by Crippen LogP contribution is 2.59. The van der Waals surface area contributed by atoms with Gasteiger partial charge in [0.25, 0.3) is 0 Å². The maximum absolute atomic E-state index is 14.7. The molecule has 4 heterocycles. The molecule has 2 fully saturated rings. The first-order chi connectivity index (χ1) is 20.7. The number of rotatable bonds is 7. The molecule has 232 valence electrons. The third kappa shape index (κ3) is 6.04. The van der Waals surface area contributed by atoms with Crippen LogP contribution in [0.2, 0.25) is 0 Å². The Morgan fingerprint density at radius 1 is 1.14 bits per heavy atom. The fraction of sp³-hybridized carbons (Fsp3) is 0.562. The number of hydrogen-bond donors (Lipinski definition) is 2.